The Morgan fingerprint density at radius 3 is 2.60 bits per heavy atom. The minimum atomic E-state index is 0.789. The molecule has 3 nitrogen and oxygen atoms in total. The van der Waals surface area contributed by atoms with E-state index < -0.39 is 0 Å². The van der Waals surface area contributed by atoms with Crippen molar-refractivity contribution in [3.63, 3.8) is 0 Å². The summed E-state index contributed by atoms with van der Waals surface area (Å²) in [5.74, 6) is 1.73. The topological polar surface area (TPSA) is 37.8 Å². The van der Waals surface area contributed by atoms with Gasteiger partial charge >= 0.3 is 0 Å². The van der Waals surface area contributed by atoms with Crippen LogP contribution in [0.4, 0.5) is 5.82 Å². The Balaban J connectivity index is 2.47. The first-order valence-corrected chi connectivity index (χ1v) is 9.80. The summed E-state index contributed by atoms with van der Waals surface area (Å²) in [4.78, 5) is 10.4. The van der Waals surface area contributed by atoms with Crippen molar-refractivity contribution in [3.8, 4) is 10.7 Å². The first-order valence-electron chi connectivity index (χ1n) is 6.32. The fraction of sp³-hybridized carbons (Fsp3) is 0.385. The van der Waals surface area contributed by atoms with Crippen LogP contribution in [0.1, 0.15) is 26.0 Å². The van der Waals surface area contributed by atoms with E-state index in [1.165, 1.54) is 0 Å². The summed E-state index contributed by atoms with van der Waals surface area (Å²) < 4.78 is 3.23. The van der Waals surface area contributed by atoms with Crippen molar-refractivity contribution in [1.82, 2.24) is 9.97 Å². The molecule has 1 N–H and O–H groups in total. The van der Waals surface area contributed by atoms with E-state index in [0.29, 0.717) is 0 Å². The van der Waals surface area contributed by atoms with Crippen LogP contribution in [0.3, 0.4) is 0 Å². The summed E-state index contributed by atoms with van der Waals surface area (Å²) in [7, 11) is 0. The third-order valence-electron chi connectivity index (χ3n) is 2.66. The molecule has 0 saturated heterocycles. The number of aryl methyl sites for hydroxylation is 1. The molecule has 0 saturated carbocycles. The summed E-state index contributed by atoms with van der Waals surface area (Å²) in [6.45, 7) is 5.20. The molecule has 0 spiro atoms. The zero-order valence-corrected chi connectivity index (χ0v) is 17.3. The lowest BCUT2D eigenvalue weighted by Crippen LogP contribution is -2.08. The number of hydrogen-bond acceptors (Lipinski definition) is 4. The largest absolute Gasteiger partial charge is 0.369 e. The molecule has 108 valence electrons. The van der Waals surface area contributed by atoms with Gasteiger partial charge in [-0.2, -0.15) is 0 Å². The van der Waals surface area contributed by atoms with Crippen LogP contribution in [-0.4, -0.2) is 16.5 Å². The fourth-order valence-corrected chi connectivity index (χ4v) is 4.44. The van der Waals surface area contributed by atoms with Crippen LogP contribution in [0.2, 0.25) is 0 Å². The molecule has 0 amide bonds. The molecule has 0 aliphatic rings. The number of rotatable bonds is 5. The van der Waals surface area contributed by atoms with Crippen LogP contribution >= 0.6 is 65.8 Å². The fourth-order valence-electron chi connectivity index (χ4n) is 1.66. The lowest BCUT2D eigenvalue weighted by atomic mass is 10.3. The molecule has 0 fully saturated rings. The second kappa shape index (κ2) is 7.51. The molecule has 2 aromatic rings. The van der Waals surface area contributed by atoms with Gasteiger partial charge in [0.1, 0.15) is 5.82 Å². The molecule has 2 rings (SSSR count). The zero-order chi connectivity index (χ0) is 14.7. The Hall–Kier alpha value is 0.270. The van der Waals surface area contributed by atoms with Crippen LogP contribution in [0, 0.1) is 3.57 Å². The predicted octanol–water partition coefficient (Wildman–Crippen LogP) is 5.72. The van der Waals surface area contributed by atoms with Gasteiger partial charge in [-0.15, -0.1) is 11.3 Å². The molecule has 0 unspecified atom stereocenters. The van der Waals surface area contributed by atoms with E-state index >= 15 is 0 Å². The van der Waals surface area contributed by atoms with E-state index in [-0.39, 0.29) is 0 Å². The SMILES string of the molecule is CCCNc1nc(-c2cc(Br)c(Br)s2)nc(CC)c1I. The molecular formula is C13H14Br2IN3S. The van der Waals surface area contributed by atoms with Crippen molar-refractivity contribution in [3.05, 3.63) is 23.6 Å². The second-order valence-electron chi connectivity index (χ2n) is 4.17. The van der Waals surface area contributed by atoms with E-state index in [4.69, 9.17) is 4.98 Å². The minimum Gasteiger partial charge on any atom is -0.369 e. The second-order valence-corrected chi connectivity index (χ2v) is 8.47. The van der Waals surface area contributed by atoms with Gasteiger partial charge in [0.25, 0.3) is 0 Å². The molecular weight excluding hydrogens is 517 g/mol. The Morgan fingerprint density at radius 2 is 2.05 bits per heavy atom. The molecule has 0 aliphatic heterocycles. The Kier molecular flexibility index (Phi) is 6.25. The van der Waals surface area contributed by atoms with E-state index in [0.717, 1.165) is 53.4 Å². The number of nitrogens with zero attached hydrogens (tertiary/aromatic N) is 2. The smallest absolute Gasteiger partial charge is 0.172 e. The van der Waals surface area contributed by atoms with Crippen LogP contribution < -0.4 is 5.32 Å². The predicted molar refractivity (Wildman–Crippen MR) is 102 cm³/mol. The van der Waals surface area contributed by atoms with Crippen LogP contribution in [0.25, 0.3) is 10.7 Å². The maximum absolute atomic E-state index is 4.69. The van der Waals surface area contributed by atoms with Crippen LogP contribution in [-0.2, 0) is 6.42 Å². The molecule has 0 atom stereocenters. The molecule has 0 aromatic carbocycles. The first-order chi connectivity index (χ1) is 9.56. The van der Waals surface area contributed by atoms with Crippen molar-refractivity contribution in [2.45, 2.75) is 26.7 Å². The molecule has 0 aliphatic carbocycles. The van der Waals surface area contributed by atoms with Crippen molar-refractivity contribution in [1.29, 1.82) is 0 Å². The maximum Gasteiger partial charge on any atom is 0.172 e. The van der Waals surface area contributed by atoms with E-state index in [1.807, 2.05) is 0 Å². The van der Waals surface area contributed by atoms with Gasteiger partial charge in [0.2, 0.25) is 0 Å². The lowest BCUT2D eigenvalue weighted by molar-refractivity contribution is 0.944. The quantitative estimate of drug-likeness (QED) is 0.503. The standard InChI is InChI=1S/C13H14Br2IN3S/c1-3-5-17-13-10(16)8(4-2)18-12(19-13)9-6-7(14)11(15)20-9/h6H,3-5H2,1-2H3,(H,17,18,19). The number of thiophene rings is 1. The number of hydrogen-bond donors (Lipinski definition) is 1. The minimum absolute atomic E-state index is 0.789. The van der Waals surface area contributed by atoms with Gasteiger partial charge in [-0.05, 0) is 73.4 Å². The van der Waals surface area contributed by atoms with Gasteiger partial charge in [0, 0.05) is 11.0 Å². The summed E-state index contributed by atoms with van der Waals surface area (Å²) in [5.41, 5.74) is 1.09. The number of nitrogens with one attached hydrogen (secondary N) is 1. The highest BCUT2D eigenvalue weighted by Crippen LogP contribution is 2.37. The van der Waals surface area contributed by atoms with Crippen molar-refractivity contribution < 1.29 is 0 Å². The Bertz CT molecular complexity index is 596. The molecule has 0 bridgehead atoms. The van der Waals surface area contributed by atoms with Gasteiger partial charge in [0.15, 0.2) is 5.82 Å². The van der Waals surface area contributed by atoms with Gasteiger partial charge in [-0.25, -0.2) is 9.97 Å². The number of anilines is 1. The normalized spacial score (nSPS) is 10.8. The number of aromatic nitrogens is 2. The highest BCUT2D eigenvalue weighted by molar-refractivity contribution is 14.1. The van der Waals surface area contributed by atoms with E-state index in [2.05, 4.69) is 84.7 Å². The van der Waals surface area contributed by atoms with E-state index in [9.17, 15) is 0 Å². The lowest BCUT2D eigenvalue weighted by Gasteiger charge is -2.11. The maximum atomic E-state index is 4.69. The van der Waals surface area contributed by atoms with Crippen molar-refractivity contribution in [2.24, 2.45) is 0 Å². The molecule has 7 heteroatoms. The highest BCUT2D eigenvalue weighted by Gasteiger charge is 2.14. The first kappa shape index (κ1) is 16.6. The summed E-state index contributed by atoms with van der Waals surface area (Å²) in [5, 5.41) is 3.39. The molecule has 2 heterocycles. The summed E-state index contributed by atoms with van der Waals surface area (Å²) >= 11 is 11.0. The third kappa shape index (κ3) is 3.72. The zero-order valence-electron chi connectivity index (χ0n) is 11.1. The third-order valence-corrected chi connectivity index (χ3v) is 7.05. The average Bonchev–Trinajstić information content (AvgIpc) is 2.77. The monoisotopic (exact) mass is 529 g/mol. The molecule has 2 aromatic heterocycles. The Morgan fingerprint density at radius 1 is 1.30 bits per heavy atom. The summed E-state index contributed by atoms with van der Waals surface area (Å²) in [6.07, 6.45) is 1.98. The molecule has 20 heavy (non-hydrogen) atoms. The Labute approximate surface area is 153 Å². The van der Waals surface area contributed by atoms with Crippen molar-refractivity contribution >= 4 is 71.6 Å². The van der Waals surface area contributed by atoms with Gasteiger partial charge in [-0.1, -0.05) is 13.8 Å². The number of halogens is 3. The van der Waals surface area contributed by atoms with Gasteiger partial charge < -0.3 is 5.32 Å². The average molecular weight is 531 g/mol. The van der Waals surface area contributed by atoms with Crippen LogP contribution in [0.5, 0.6) is 0 Å². The van der Waals surface area contributed by atoms with Gasteiger partial charge in [-0.3, -0.25) is 0 Å². The van der Waals surface area contributed by atoms with Crippen LogP contribution in [0.15, 0.2) is 14.3 Å². The highest BCUT2D eigenvalue weighted by atomic mass is 127. The molecule has 0 radical (unpaired) electrons. The summed E-state index contributed by atoms with van der Waals surface area (Å²) in [6, 6.07) is 2.06. The van der Waals surface area contributed by atoms with E-state index in [1.54, 1.807) is 11.3 Å². The van der Waals surface area contributed by atoms with Gasteiger partial charge in [0.05, 0.1) is 17.9 Å². The van der Waals surface area contributed by atoms with Crippen molar-refractivity contribution in [2.75, 3.05) is 11.9 Å².